The highest BCUT2D eigenvalue weighted by atomic mass is 35.5. The maximum absolute atomic E-state index is 6.15. The zero-order valence-electron chi connectivity index (χ0n) is 11.5. The lowest BCUT2D eigenvalue weighted by Gasteiger charge is -1.95. The number of thiophene rings is 1. The summed E-state index contributed by atoms with van der Waals surface area (Å²) in [5.41, 5.74) is 1.59. The molecule has 0 saturated carbocycles. The van der Waals surface area contributed by atoms with Crippen LogP contribution >= 0.6 is 46.3 Å². The van der Waals surface area contributed by atoms with Crippen LogP contribution in [0.1, 0.15) is 5.69 Å². The van der Waals surface area contributed by atoms with Gasteiger partial charge in [0.2, 0.25) is 5.16 Å². The number of H-pyrrole nitrogens is 1. The van der Waals surface area contributed by atoms with E-state index in [0.717, 1.165) is 16.4 Å². The number of aromatic amines is 1. The summed E-state index contributed by atoms with van der Waals surface area (Å²) in [6, 6.07) is 5.68. The number of halogens is 2. The fourth-order valence-corrected chi connectivity index (χ4v) is 3.99. The van der Waals surface area contributed by atoms with Crippen LogP contribution in [0.2, 0.25) is 10.0 Å². The molecular formula is C14H9Cl2N5S2. The SMILES string of the molecule is Clc1cc(Cl)c2nc(CSc3n[nH]c(-c4cccs4)n3)cn2c1. The zero-order valence-corrected chi connectivity index (χ0v) is 14.7. The quantitative estimate of drug-likeness (QED) is 0.516. The van der Waals surface area contributed by atoms with Crippen LogP contribution in [0.5, 0.6) is 0 Å². The molecule has 9 heteroatoms. The Morgan fingerprint density at radius 1 is 1.26 bits per heavy atom. The summed E-state index contributed by atoms with van der Waals surface area (Å²) in [4.78, 5) is 10.1. The molecule has 0 amide bonds. The molecule has 0 aliphatic carbocycles. The molecule has 4 heterocycles. The maximum Gasteiger partial charge on any atom is 0.209 e. The number of aromatic nitrogens is 5. The normalized spacial score (nSPS) is 11.4. The fourth-order valence-electron chi connectivity index (χ4n) is 2.12. The number of fused-ring (bicyclic) bond motifs is 1. The maximum atomic E-state index is 6.15. The second-order valence-electron chi connectivity index (χ2n) is 4.70. The Hall–Kier alpha value is -1.54. The molecule has 0 aromatic carbocycles. The van der Waals surface area contributed by atoms with Gasteiger partial charge in [-0.25, -0.2) is 9.97 Å². The first-order chi connectivity index (χ1) is 11.2. The second kappa shape index (κ2) is 6.16. The van der Waals surface area contributed by atoms with Crippen molar-refractivity contribution in [3.05, 3.63) is 51.7 Å². The van der Waals surface area contributed by atoms with Crippen LogP contribution in [-0.2, 0) is 5.75 Å². The molecule has 0 saturated heterocycles. The van der Waals surface area contributed by atoms with Crippen LogP contribution in [0.15, 0.2) is 41.1 Å². The van der Waals surface area contributed by atoms with Gasteiger partial charge in [-0.15, -0.1) is 16.4 Å². The number of nitrogens with one attached hydrogen (secondary N) is 1. The molecule has 0 bridgehead atoms. The number of nitrogens with zero attached hydrogens (tertiary/aromatic N) is 4. The van der Waals surface area contributed by atoms with Crippen molar-refractivity contribution < 1.29 is 0 Å². The van der Waals surface area contributed by atoms with E-state index in [1.807, 2.05) is 28.1 Å². The minimum absolute atomic E-state index is 0.534. The Bertz CT molecular complexity index is 961. The van der Waals surface area contributed by atoms with E-state index in [2.05, 4.69) is 20.2 Å². The van der Waals surface area contributed by atoms with Gasteiger partial charge in [0.1, 0.15) is 0 Å². The molecule has 0 aliphatic rings. The van der Waals surface area contributed by atoms with Gasteiger partial charge in [0, 0.05) is 18.1 Å². The van der Waals surface area contributed by atoms with Gasteiger partial charge in [-0.05, 0) is 17.5 Å². The monoisotopic (exact) mass is 381 g/mol. The third-order valence-electron chi connectivity index (χ3n) is 3.09. The zero-order chi connectivity index (χ0) is 15.8. The Morgan fingerprint density at radius 3 is 3.00 bits per heavy atom. The van der Waals surface area contributed by atoms with Gasteiger partial charge in [0.05, 0.1) is 20.6 Å². The molecule has 5 nitrogen and oxygen atoms in total. The van der Waals surface area contributed by atoms with Crippen molar-refractivity contribution in [2.75, 3.05) is 0 Å². The third kappa shape index (κ3) is 3.10. The molecule has 4 aromatic heterocycles. The molecule has 0 spiro atoms. The highest BCUT2D eigenvalue weighted by Gasteiger charge is 2.10. The van der Waals surface area contributed by atoms with Crippen LogP contribution in [0, 0.1) is 0 Å². The molecule has 116 valence electrons. The van der Waals surface area contributed by atoms with E-state index in [1.165, 1.54) is 11.8 Å². The van der Waals surface area contributed by atoms with E-state index >= 15 is 0 Å². The van der Waals surface area contributed by atoms with Crippen molar-refractivity contribution in [1.82, 2.24) is 24.6 Å². The van der Waals surface area contributed by atoms with Crippen molar-refractivity contribution >= 4 is 51.9 Å². The van der Waals surface area contributed by atoms with Gasteiger partial charge < -0.3 is 4.40 Å². The van der Waals surface area contributed by atoms with E-state index in [0.29, 0.717) is 26.6 Å². The van der Waals surface area contributed by atoms with Gasteiger partial charge in [-0.2, -0.15) is 0 Å². The van der Waals surface area contributed by atoms with E-state index in [4.69, 9.17) is 23.2 Å². The highest BCUT2D eigenvalue weighted by Crippen LogP contribution is 2.26. The van der Waals surface area contributed by atoms with Gasteiger partial charge in [-0.1, -0.05) is 41.0 Å². The van der Waals surface area contributed by atoms with Crippen LogP contribution in [-0.4, -0.2) is 24.6 Å². The molecule has 4 rings (SSSR count). The number of thioether (sulfide) groups is 1. The van der Waals surface area contributed by atoms with Crippen LogP contribution < -0.4 is 0 Å². The van der Waals surface area contributed by atoms with Gasteiger partial charge in [0.25, 0.3) is 0 Å². The Labute approximate surface area is 149 Å². The van der Waals surface area contributed by atoms with E-state index < -0.39 is 0 Å². The first-order valence-electron chi connectivity index (χ1n) is 6.61. The number of rotatable bonds is 4. The lowest BCUT2D eigenvalue weighted by Crippen LogP contribution is -1.82. The molecule has 0 fully saturated rings. The Morgan fingerprint density at radius 2 is 2.17 bits per heavy atom. The fraction of sp³-hybridized carbons (Fsp3) is 0.0714. The topological polar surface area (TPSA) is 58.9 Å². The lowest BCUT2D eigenvalue weighted by molar-refractivity contribution is 0.972. The van der Waals surface area contributed by atoms with Crippen LogP contribution in [0.25, 0.3) is 16.3 Å². The first kappa shape index (κ1) is 15.0. The number of hydrogen-bond donors (Lipinski definition) is 1. The predicted molar refractivity (Wildman–Crippen MR) is 94.5 cm³/mol. The lowest BCUT2D eigenvalue weighted by atomic mass is 10.4. The Balaban J connectivity index is 1.52. The van der Waals surface area contributed by atoms with Gasteiger partial charge >= 0.3 is 0 Å². The standard InChI is InChI=1S/C14H9Cl2N5S2/c15-8-4-10(16)13-17-9(6-21(13)5-8)7-23-14-18-12(19-20-14)11-2-1-3-22-11/h1-6H,7H2,(H,18,19,20). The van der Waals surface area contributed by atoms with E-state index in [-0.39, 0.29) is 0 Å². The summed E-state index contributed by atoms with van der Waals surface area (Å²) in [5, 5.41) is 11.0. The third-order valence-corrected chi connectivity index (χ3v) is 5.33. The molecule has 0 aliphatic heterocycles. The van der Waals surface area contributed by atoms with Crippen molar-refractivity contribution in [2.45, 2.75) is 10.9 Å². The number of imidazole rings is 1. The van der Waals surface area contributed by atoms with E-state index in [9.17, 15) is 0 Å². The van der Waals surface area contributed by atoms with Gasteiger partial charge in [-0.3, -0.25) is 5.10 Å². The van der Waals surface area contributed by atoms with Crippen molar-refractivity contribution in [1.29, 1.82) is 0 Å². The molecule has 0 unspecified atom stereocenters. The molecule has 23 heavy (non-hydrogen) atoms. The average molecular weight is 382 g/mol. The average Bonchev–Trinajstić information content (AvgIpc) is 3.24. The summed E-state index contributed by atoms with van der Waals surface area (Å²) in [6.07, 6.45) is 3.69. The predicted octanol–water partition coefficient (Wildman–Crippen LogP) is 4.78. The minimum atomic E-state index is 0.534. The molecule has 0 atom stereocenters. The van der Waals surface area contributed by atoms with Crippen molar-refractivity contribution in [3.8, 4) is 10.7 Å². The first-order valence-corrected chi connectivity index (χ1v) is 9.23. The molecular weight excluding hydrogens is 373 g/mol. The van der Waals surface area contributed by atoms with E-state index in [1.54, 1.807) is 23.6 Å². The minimum Gasteiger partial charge on any atom is -0.304 e. The number of hydrogen-bond acceptors (Lipinski definition) is 5. The number of pyridine rings is 1. The molecule has 0 radical (unpaired) electrons. The van der Waals surface area contributed by atoms with Crippen LogP contribution in [0.3, 0.4) is 0 Å². The van der Waals surface area contributed by atoms with Gasteiger partial charge in [0.15, 0.2) is 11.5 Å². The Kier molecular flexibility index (Phi) is 4.02. The summed E-state index contributed by atoms with van der Waals surface area (Å²) < 4.78 is 1.83. The smallest absolute Gasteiger partial charge is 0.209 e. The molecule has 4 aromatic rings. The van der Waals surface area contributed by atoms with Crippen molar-refractivity contribution in [3.63, 3.8) is 0 Å². The largest absolute Gasteiger partial charge is 0.304 e. The summed E-state index contributed by atoms with van der Waals surface area (Å²) in [5.74, 6) is 1.43. The summed E-state index contributed by atoms with van der Waals surface area (Å²) in [6.45, 7) is 0. The summed E-state index contributed by atoms with van der Waals surface area (Å²) in [7, 11) is 0. The van der Waals surface area contributed by atoms with Crippen LogP contribution in [0.4, 0.5) is 0 Å². The summed E-state index contributed by atoms with van der Waals surface area (Å²) >= 11 is 15.3. The van der Waals surface area contributed by atoms with Crippen molar-refractivity contribution in [2.24, 2.45) is 0 Å². The second-order valence-corrected chi connectivity index (χ2v) is 7.44. The molecule has 1 N–H and O–H groups in total. The highest BCUT2D eigenvalue weighted by molar-refractivity contribution is 7.98.